The van der Waals surface area contributed by atoms with Crippen molar-refractivity contribution in [2.24, 2.45) is 0 Å². The van der Waals surface area contributed by atoms with E-state index >= 15 is 0 Å². The van der Waals surface area contributed by atoms with Gasteiger partial charge in [-0.2, -0.15) is 0 Å². The summed E-state index contributed by atoms with van der Waals surface area (Å²) in [5, 5.41) is 0. The van der Waals surface area contributed by atoms with Crippen LogP contribution in [0.2, 0.25) is 0 Å². The molecule has 96 valence electrons. The minimum absolute atomic E-state index is 0.836. The summed E-state index contributed by atoms with van der Waals surface area (Å²) in [5.74, 6) is 0. The van der Waals surface area contributed by atoms with Crippen molar-refractivity contribution in [3.63, 3.8) is 0 Å². The van der Waals surface area contributed by atoms with Gasteiger partial charge in [0.15, 0.2) is 0 Å². The molecule has 2 N–H and O–H groups in total. The predicted molar refractivity (Wildman–Crippen MR) is 82.7 cm³/mol. The Hall–Kier alpha value is -0.840. The molecule has 18 heavy (non-hydrogen) atoms. The van der Waals surface area contributed by atoms with E-state index in [0.29, 0.717) is 0 Å². The summed E-state index contributed by atoms with van der Waals surface area (Å²) in [6, 6.07) is 12.4. The van der Waals surface area contributed by atoms with E-state index in [4.69, 9.17) is 5.73 Å². The number of nitrogens with zero attached hydrogens (tertiary/aromatic N) is 1. The number of nitrogen functional groups attached to an aromatic ring is 1. The summed E-state index contributed by atoms with van der Waals surface area (Å²) in [4.78, 5) is 3.79. The first kappa shape index (κ1) is 13.6. The van der Waals surface area contributed by atoms with Crippen molar-refractivity contribution in [1.82, 2.24) is 4.90 Å². The summed E-state index contributed by atoms with van der Waals surface area (Å²) in [7, 11) is 0. The molecule has 0 spiro atoms. The zero-order valence-corrected chi connectivity index (χ0v) is 12.8. The number of thiophene rings is 1. The number of halogens is 1. The van der Waals surface area contributed by atoms with Gasteiger partial charge in [0.05, 0.1) is 3.79 Å². The van der Waals surface area contributed by atoms with Gasteiger partial charge in [-0.25, -0.2) is 0 Å². The van der Waals surface area contributed by atoms with E-state index in [1.165, 1.54) is 14.2 Å². The molecule has 0 fully saturated rings. The standard InChI is InChI=1S/C14H17BrN2S/c1-2-17(10-13-6-7-14(15)18-13)9-11-4-3-5-12(16)8-11/h3-8H,2,9-10,16H2,1H3. The fourth-order valence-corrected chi connectivity index (χ4v) is 3.41. The quantitative estimate of drug-likeness (QED) is 0.838. The highest BCUT2D eigenvalue weighted by Gasteiger charge is 2.07. The van der Waals surface area contributed by atoms with Gasteiger partial charge in [-0.1, -0.05) is 19.1 Å². The van der Waals surface area contributed by atoms with Crippen LogP contribution in [0.3, 0.4) is 0 Å². The first-order valence-electron chi connectivity index (χ1n) is 5.98. The summed E-state index contributed by atoms with van der Waals surface area (Å²) in [6.45, 7) is 5.15. The van der Waals surface area contributed by atoms with Gasteiger partial charge >= 0.3 is 0 Å². The lowest BCUT2D eigenvalue weighted by atomic mass is 10.2. The molecule has 0 aliphatic rings. The lowest BCUT2D eigenvalue weighted by Gasteiger charge is -2.19. The lowest BCUT2D eigenvalue weighted by Crippen LogP contribution is -2.21. The van der Waals surface area contributed by atoms with Gasteiger partial charge < -0.3 is 5.73 Å². The highest BCUT2D eigenvalue weighted by Crippen LogP contribution is 2.23. The minimum Gasteiger partial charge on any atom is -0.399 e. The third kappa shape index (κ3) is 3.83. The molecule has 0 radical (unpaired) electrons. The van der Waals surface area contributed by atoms with Gasteiger partial charge in [0.1, 0.15) is 0 Å². The summed E-state index contributed by atoms with van der Waals surface area (Å²) in [6.07, 6.45) is 0. The van der Waals surface area contributed by atoms with E-state index in [1.54, 1.807) is 11.3 Å². The van der Waals surface area contributed by atoms with Gasteiger partial charge in [-0.05, 0) is 52.3 Å². The highest BCUT2D eigenvalue weighted by molar-refractivity contribution is 9.11. The number of hydrogen-bond acceptors (Lipinski definition) is 3. The molecule has 1 aromatic carbocycles. The molecule has 0 aliphatic carbocycles. The molecule has 0 unspecified atom stereocenters. The maximum atomic E-state index is 5.81. The van der Waals surface area contributed by atoms with E-state index in [0.717, 1.165) is 25.3 Å². The lowest BCUT2D eigenvalue weighted by molar-refractivity contribution is 0.274. The first-order valence-corrected chi connectivity index (χ1v) is 7.59. The summed E-state index contributed by atoms with van der Waals surface area (Å²) < 4.78 is 1.19. The Labute approximate surface area is 121 Å². The second kappa shape index (κ2) is 6.36. The fourth-order valence-electron chi connectivity index (χ4n) is 1.89. The summed E-state index contributed by atoms with van der Waals surface area (Å²) >= 11 is 5.30. The van der Waals surface area contributed by atoms with Crippen molar-refractivity contribution in [3.05, 3.63) is 50.6 Å². The van der Waals surface area contributed by atoms with Crippen LogP contribution in [0, 0.1) is 0 Å². The third-order valence-electron chi connectivity index (χ3n) is 2.81. The van der Waals surface area contributed by atoms with Gasteiger partial charge in [0.2, 0.25) is 0 Å². The molecular weight excluding hydrogens is 308 g/mol. The van der Waals surface area contributed by atoms with Crippen LogP contribution in [0.5, 0.6) is 0 Å². The molecule has 4 heteroatoms. The predicted octanol–water partition coefficient (Wildman–Crippen LogP) is 4.11. The van der Waals surface area contributed by atoms with Crippen LogP contribution < -0.4 is 5.73 Å². The topological polar surface area (TPSA) is 29.3 Å². The molecule has 0 saturated heterocycles. The number of benzene rings is 1. The van der Waals surface area contributed by atoms with Gasteiger partial charge in [0, 0.05) is 23.7 Å². The Kier molecular flexibility index (Phi) is 4.80. The van der Waals surface area contributed by atoms with Crippen molar-refractivity contribution in [3.8, 4) is 0 Å². The number of hydrogen-bond donors (Lipinski definition) is 1. The largest absolute Gasteiger partial charge is 0.399 e. The number of anilines is 1. The van der Waals surface area contributed by atoms with E-state index in [1.807, 2.05) is 18.2 Å². The molecule has 0 atom stereocenters. The number of rotatable bonds is 5. The SMILES string of the molecule is CCN(Cc1cccc(N)c1)Cc1ccc(Br)s1. The highest BCUT2D eigenvalue weighted by atomic mass is 79.9. The Morgan fingerprint density at radius 2 is 2.06 bits per heavy atom. The molecular formula is C14H17BrN2S. The van der Waals surface area contributed by atoms with Crippen molar-refractivity contribution >= 4 is 33.0 Å². The smallest absolute Gasteiger partial charge is 0.0701 e. The van der Waals surface area contributed by atoms with Gasteiger partial charge in [0.25, 0.3) is 0 Å². The zero-order chi connectivity index (χ0) is 13.0. The molecule has 2 rings (SSSR count). The van der Waals surface area contributed by atoms with Crippen molar-refractivity contribution in [2.45, 2.75) is 20.0 Å². The van der Waals surface area contributed by atoms with Crippen molar-refractivity contribution in [2.75, 3.05) is 12.3 Å². The summed E-state index contributed by atoms with van der Waals surface area (Å²) in [5.41, 5.74) is 7.92. The van der Waals surface area contributed by atoms with Gasteiger partial charge in [-0.3, -0.25) is 4.90 Å². The third-order valence-corrected chi connectivity index (χ3v) is 4.42. The van der Waals surface area contributed by atoms with Crippen LogP contribution in [-0.2, 0) is 13.1 Å². The van der Waals surface area contributed by atoms with E-state index in [-0.39, 0.29) is 0 Å². The minimum atomic E-state index is 0.836. The van der Waals surface area contributed by atoms with E-state index in [9.17, 15) is 0 Å². The normalized spacial score (nSPS) is 11.1. The molecule has 1 aromatic heterocycles. The van der Waals surface area contributed by atoms with Crippen molar-refractivity contribution < 1.29 is 0 Å². The van der Waals surface area contributed by atoms with Crippen LogP contribution in [0.25, 0.3) is 0 Å². The van der Waals surface area contributed by atoms with E-state index in [2.05, 4.69) is 46.0 Å². The van der Waals surface area contributed by atoms with Crippen LogP contribution in [0.4, 0.5) is 5.69 Å². The zero-order valence-electron chi connectivity index (χ0n) is 10.4. The van der Waals surface area contributed by atoms with Gasteiger partial charge in [-0.15, -0.1) is 11.3 Å². The average molecular weight is 325 g/mol. The molecule has 2 nitrogen and oxygen atoms in total. The first-order chi connectivity index (χ1) is 8.67. The molecule has 2 aromatic rings. The monoisotopic (exact) mass is 324 g/mol. The average Bonchev–Trinajstić information content (AvgIpc) is 2.74. The fraction of sp³-hybridized carbons (Fsp3) is 0.286. The second-order valence-electron chi connectivity index (χ2n) is 4.25. The van der Waals surface area contributed by atoms with Crippen molar-refractivity contribution in [1.29, 1.82) is 0 Å². The van der Waals surface area contributed by atoms with Crippen LogP contribution in [0.15, 0.2) is 40.2 Å². The Morgan fingerprint density at radius 1 is 1.22 bits per heavy atom. The van der Waals surface area contributed by atoms with E-state index < -0.39 is 0 Å². The molecule has 0 aliphatic heterocycles. The molecule has 0 saturated carbocycles. The Bertz CT molecular complexity index is 510. The molecule has 0 amide bonds. The maximum Gasteiger partial charge on any atom is 0.0701 e. The Balaban J connectivity index is 2.01. The van der Waals surface area contributed by atoms with Crippen LogP contribution in [-0.4, -0.2) is 11.4 Å². The van der Waals surface area contributed by atoms with Crippen LogP contribution in [0.1, 0.15) is 17.4 Å². The maximum absolute atomic E-state index is 5.81. The number of nitrogens with two attached hydrogens (primary N) is 1. The van der Waals surface area contributed by atoms with Crippen LogP contribution >= 0.6 is 27.3 Å². The molecule has 0 bridgehead atoms. The molecule has 1 heterocycles. The Morgan fingerprint density at radius 3 is 2.67 bits per heavy atom. The second-order valence-corrected chi connectivity index (χ2v) is 6.80.